The summed E-state index contributed by atoms with van der Waals surface area (Å²) >= 11 is 1.78. The lowest BCUT2D eigenvalue weighted by Gasteiger charge is -2.09. The zero-order chi connectivity index (χ0) is 13.0. The maximum absolute atomic E-state index is 13.1. The van der Waals surface area contributed by atoms with Gasteiger partial charge in [0.05, 0.1) is 5.75 Å². The van der Waals surface area contributed by atoms with Crippen LogP contribution in [0.5, 0.6) is 0 Å². The quantitative estimate of drug-likeness (QED) is 0.803. The molecule has 1 aliphatic rings. The van der Waals surface area contributed by atoms with E-state index in [1.54, 1.807) is 17.8 Å². The zero-order valence-electron chi connectivity index (χ0n) is 10.7. The van der Waals surface area contributed by atoms with Gasteiger partial charge in [0.25, 0.3) is 0 Å². The summed E-state index contributed by atoms with van der Waals surface area (Å²) in [7, 11) is 0. The van der Waals surface area contributed by atoms with Gasteiger partial charge in [-0.1, -0.05) is 18.9 Å². The van der Waals surface area contributed by atoms with E-state index in [-0.39, 0.29) is 11.6 Å². The van der Waals surface area contributed by atoms with Crippen LogP contribution >= 0.6 is 11.8 Å². The lowest BCUT2D eigenvalue weighted by molar-refractivity contribution is -0.116. The molecule has 1 fully saturated rings. The molecule has 0 aromatic heterocycles. The molecule has 1 aromatic carbocycles. The molecule has 98 valence electrons. The van der Waals surface area contributed by atoms with Crippen molar-refractivity contribution in [3.63, 3.8) is 0 Å². The summed E-state index contributed by atoms with van der Waals surface area (Å²) in [5.74, 6) is 0.521. The fraction of sp³-hybridized carbons (Fsp3) is 0.533. The van der Waals surface area contributed by atoms with E-state index in [4.69, 9.17) is 0 Å². The molecule has 0 bridgehead atoms. The highest BCUT2D eigenvalue weighted by molar-refractivity contribution is 8.00. The molecule has 0 spiro atoms. The van der Waals surface area contributed by atoms with Gasteiger partial charge in [-0.2, -0.15) is 11.8 Å². The lowest BCUT2D eigenvalue weighted by atomic mass is 10.0. The number of carbonyl (C=O) groups is 1. The monoisotopic (exact) mass is 266 g/mol. The first-order valence-corrected chi connectivity index (χ1v) is 7.58. The number of carbonyl (C=O) groups excluding carboxylic acids is 1. The van der Waals surface area contributed by atoms with Crippen molar-refractivity contribution < 1.29 is 9.18 Å². The number of hydrogen-bond acceptors (Lipinski definition) is 2. The third-order valence-electron chi connectivity index (χ3n) is 3.48. The molecule has 1 nitrogen and oxygen atoms in total. The number of halogens is 1. The number of aryl methyl sites for hydroxylation is 1. The van der Waals surface area contributed by atoms with E-state index in [9.17, 15) is 9.18 Å². The Kier molecular flexibility index (Phi) is 4.81. The van der Waals surface area contributed by atoms with Crippen LogP contribution in [0.3, 0.4) is 0 Å². The largest absolute Gasteiger partial charge is 0.298 e. The van der Waals surface area contributed by atoms with E-state index in [1.807, 2.05) is 6.92 Å². The lowest BCUT2D eigenvalue weighted by Crippen LogP contribution is -2.10. The highest BCUT2D eigenvalue weighted by atomic mass is 32.2. The Morgan fingerprint density at radius 3 is 2.83 bits per heavy atom. The van der Waals surface area contributed by atoms with Crippen LogP contribution in [-0.2, 0) is 11.2 Å². The third kappa shape index (κ3) is 3.84. The van der Waals surface area contributed by atoms with Gasteiger partial charge in [0, 0.05) is 11.7 Å². The minimum absolute atomic E-state index is 0.209. The average Bonchev–Trinajstić information content (AvgIpc) is 2.84. The second-order valence-corrected chi connectivity index (χ2v) is 6.29. The molecule has 0 amide bonds. The van der Waals surface area contributed by atoms with Crippen LogP contribution < -0.4 is 0 Å². The normalized spacial score (nSPS) is 16.1. The van der Waals surface area contributed by atoms with Crippen LogP contribution in [0.25, 0.3) is 0 Å². The molecule has 1 saturated carbocycles. The summed E-state index contributed by atoms with van der Waals surface area (Å²) in [6, 6.07) is 4.66. The number of benzene rings is 1. The highest BCUT2D eigenvalue weighted by Crippen LogP contribution is 2.29. The van der Waals surface area contributed by atoms with Crippen molar-refractivity contribution in [2.45, 2.75) is 44.3 Å². The van der Waals surface area contributed by atoms with Gasteiger partial charge in [-0.05, 0) is 43.0 Å². The number of thioether (sulfide) groups is 1. The van der Waals surface area contributed by atoms with Gasteiger partial charge in [0.15, 0.2) is 0 Å². The fourth-order valence-electron chi connectivity index (χ4n) is 2.36. The molecular weight excluding hydrogens is 247 g/mol. The van der Waals surface area contributed by atoms with Crippen LogP contribution in [0.15, 0.2) is 18.2 Å². The summed E-state index contributed by atoms with van der Waals surface area (Å²) in [6.45, 7) is 1.92. The summed E-state index contributed by atoms with van der Waals surface area (Å²) in [5, 5.41) is 0.669. The summed E-state index contributed by atoms with van der Waals surface area (Å²) in [5.41, 5.74) is 1.82. The number of rotatable bonds is 5. The van der Waals surface area contributed by atoms with Crippen molar-refractivity contribution in [1.29, 1.82) is 0 Å². The van der Waals surface area contributed by atoms with E-state index in [0.29, 0.717) is 17.4 Å². The number of Topliss-reactive ketones (excluding diaryl/α,β-unsaturated/α-hetero) is 1. The smallest absolute Gasteiger partial charge is 0.147 e. The van der Waals surface area contributed by atoms with E-state index in [2.05, 4.69) is 0 Å². The molecule has 1 aromatic rings. The summed E-state index contributed by atoms with van der Waals surface area (Å²) in [4.78, 5) is 11.9. The van der Waals surface area contributed by atoms with Crippen molar-refractivity contribution in [3.05, 3.63) is 35.1 Å². The van der Waals surface area contributed by atoms with Gasteiger partial charge in [0.2, 0.25) is 0 Å². The second kappa shape index (κ2) is 6.37. The standard InChI is InChI=1S/C15H19FOS/c1-11-6-7-13(16)8-12(11)9-14(17)10-18-15-4-2-3-5-15/h6-8,15H,2-5,9-10H2,1H3. The zero-order valence-corrected chi connectivity index (χ0v) is 11.6. The molecular formula is C15H19FOS. The van der Waals surface area contributed by atoms with Crippen molar-refractivity contribution in [1.82, 2.24) is 0 Å². The van der Waals surface area contributed by atoms with Crippen molar-refractivity contribution in [2.24, 2.45) is 0 Å². The maximum Gasteiger partial charge on any atom is 0.147 e. The highest BCUT2D eigenvalue weighted by Gasteiger charge is 2.17. The molecule has 0 unspecified atom stereocenters. The molecule has 0 heterocycles. The molecule has 18 heavy (non-hydrogen) atoms. The van der Waals surface area contributed by atoms with Crippen molar-refractivity contribution in [2.75, 3.05) is 5.75 Å². The summed E-state index contributed by atoms with van der Waals surface area (Å²) < 4.78 is 13.1. The first-order valence-electron chi connectivity index (χ1n) is 6.53. The Balaban J connectivity index is 1.84. The van der Waals surface area contributed by atoms with Crippen molar-refractivity contribution in [3.8, 4) is 0 Å². The van der Waals surface area contributed by atoms with Crippen molar-refractivity contribution >= 4 is 17.5 Å². The SMILES string of the molecule is Cc1ccc(F)cc1CC(=O)CSC1CCCC1. The Bertz CT molecular complexity index is 425. The second-order valence-electron chi connectivity index (χ2n) is 5.00. The van der Waals surface area contributed by atoms with E-state index in [0.717, 1.165) is 11.1 Å². The van der Waals surface area contributed by atoms with E-state index in [1.165, 1.54) is 37.8 Å². The summed E-state index contributed by atoms with van der Waals surface area (Å²) in [6.07, 6.45) is 5.46. The third-order valence-corrected chi connectivity index (χ3v) is 4.91. The van der Waals surface area contributed by atoms with Crippen LogP contribution in [0.4, 0.5) is 4.39 Å². The molecule has 0 N–H and O–H groups in total. The van der Waals surface area contributed by atoms with Gasteiger partial charge in [0.1, 0.15) is 11.6 Å². The minimum Gasteiger partial charge on any atom is -0.298 e. The molecule has 3 heteroatoms. The molecule has 1 aliphatic carbocycles. The molecule has 0 aliphatic heterocycles. The first-order chi connectivity index (χ1) is 8.65. The average molecular weight is 266 g/mol. The Labute approximate surface area is 112 Å². The predicted molar refractivity (Wildman–Crippen MR) is 74.6 cm³/mol. The van der Waals surface area contributed by atoms with Gasteiger partial charge in [-0.3, -0.25) is 4.79 Å². The van der Waals surface area contributed by atoms with Gasteiger partial charge < -0.3 is 0 Å². The Morgan fingerprint density at radius 1 is 1.39 bits per heavy atom. The number of ketones is 1. The molecule has 0 saturated heterocycles. The first kappa shape index (κ1) is 13.6. The predicted octanol–water partition coefficient (Wildman–Crippen LogP) is 3.92. The van der Waals surface area contributed by atoms with Crippen LogP contribution in [0, 0.1) is 12.7 Å². The Hall–Kier alpha value is -0.830. The van der Waals surface area contributed by atoms with Crippen LogP contribution in [0.2, 0.25) is 0 Å². The molecule has 0 atom stereocenters. The minimum atomic E-state index is -0.258. The topological polar surface area (TPSA) is 17.1 Å². The van der Waals surface area contributed by atoms with Gasteiger partial charge in [-0.25, -0.2) is 4.39 Å². The van der Waals surface area contributed by atoms with Crippen LogP contribution in [0.1, 0.15) is 36.8 Å². The van der Waals surface area contributed by atoms with Gasteiger partial charge >= 0.3 is 0 Å². The van der Waals surface area contributed by atoms with E-state index < -0.39 is 0 Å². The van der Waals surface area contributed by atoms with E-state index >= 15 is 0 Å². The molecule has 0 radical (unpaired) electrons. The van der Waals surface area contributed by atoms with Crippen LogP contribution in [-0.4, -0.2) is 16.8 Å². The van der Waals surface area contributed by atoms with Gasteiger partial charge in [-0.15, -0.1) is 0 Å². The maximum atomic E-state index is 13.1. The number of hydrogen-bond donors (Lipinski definition) is 0. The Morgan fingerprint density at radius 2 is 2.11 bits per heavy atom. The molecule has 2 rings (SSSR count). The fourth-order valence-corrected chi connectivity index (χ4v) is 3.55.